The summed E-state index contributed by atoms with van der Waals surface area (Å²) in [5.41, 5.74) is 0. The van der Waals surface area contributed by atoms with E-state index in [1.165, 1.54) is 0 Å². The van der Waals surface area contributed by atoms with E-state index < -0.39 is 0 Å². The first-order valence-electron chi connectivity index (χ1n) is 5.23. The number of hydrogen-bond donors (Lipinski definition) is 2. The molecule has 1 atom stereocenters. The van der Waals surface area contributed by atoms with Gasteiger partial charge in [-0.2, -0.15) is 0 Å². The Hall–Kier alpha value is -0.360. The molecule has 0 radical (unpaired) electrons. The Labute approximate surface area is 117 Å². The third kappa shape index (κ3) is 5.21. The summed E-state index contributed by atoms with van der Waals surface area (Å²) in [5, 5.41) is 9.18. The molecular weight excluding hydrogens is 281 g/mol. The highest BCUT2D eigenvalue weighted by Crippen LogP contribution is 2.07. The molecule has 98 valence electrons. The Bertz CT molecular complexity index is 315. The van der Waals surface area contributed by atoms with Crippen molar-refractivity contribution in [1.82, 2.24) is 15.6 Å². The lowest BCUT2D eigenvalue weighted by Crippen LogP contribution is -2.33. The number of amides is 1. The fraction of sp³-hybridized carbons (Fsp3) is 0.600. The van der Waals surface area contributed by atoms with Gasteiger partial charge in [0, 0.05) is 31.1 Å². The van der Waals surface area contributed by atoms with E-state index in [1.54, 1.807) is 17.5 Å². The predicted molar refractivity (Wildman–Crippen MR) is 74.3 cm³/mol. The van der Waals surface area contributed by atoms with E-state index in [0.29, 0.717) is 6.54 Å². The maximum atomic E-state index is 11.6. The largest absolute Gasteiger partial charge is 0.355 e. The highest BCUT2D eigenvalue weighted by Gasteiger charge is 2.21. The average molecular weight is 298 g/mol. The molecular formula is C10H17Cl2N3OS. The minimum absolute atomic E-state index is 0. The van der Waals surface area contributed by atoms with Crippen molar-refractivity contribution in [2.75, 3.05) is 19.6 Å². The second kappa shape index (κ2) is 8.69. The summed E-state index contributed by atoms with van der Waals surface area (Å²) >= 11 is 1.63. The van der Waals surface area contributed by atoms with Crippen LogP contribution in [0.15, 0.2) is 11.6 Å². The molecule has 1 amide bonds. The van der Waals surface area contributed by atoms with Crippen LogP contribution in [0.3, 0.4) is 0 Å². The van der Waals surface area contributed by atoms with Gasteiger partial charge < -0.3 is 10.6 Å². The van der Waals surface area contributed by atoms with Crippen molar-refractivity contribution in [2.45, 2.75) is 12.8 Å². The third-order valence-corrected chi connectivity index (χ3v) is 3.39. The first-order valence-corrected chi connectivity index (χ1v) is 6.11. The fourth-order valence-electron chi connectivity index (χ4n) is 1.69. The molecule has 2 N–H and O–H groups in total. The lowest BCUT2D eigenvalue weighted by molar-refractivity contribution is -0.124. The number of aromatic nitrogens is 1. The topological polar surface area (TPSA) is 54.0 Å². The average Bonchev–Trinajstić information content (AvgIpc) is 2.90. The van der Waals surface area contributed by atoms with Crippen LogP contribution in [-0.4, -0.2) is 30.5 Å². The quantitative estimate of drug-likeness (QED) is 0.880. The van der Waals surface area contributed by atoms with E-state index in [0.717, 1.165) is 30.9 Å². The summed E-state index contributed by atoms with van der Waals surface area (Å²) in [4.78, 5) is 15.8. The van der Waals surface area contributed by atoms with Gasteiger partial charge in [0.25, 0.3) is 0 Å². The summed E-state index contributed by atoms with van der Waals surface area (Å²) in [6, 6.07) is 0. The van der Waals surface area contributed by atoms with Gasteiger partial charge in [-0.15, -0.1) is 36.2 Å². The molecule has 7 heteroatoms. The Morgan fingerprint density at radius 1 is 1.59 bits per heavy atom. The van der Waals surface area contributed by atoms with Crippen molar-refractivity contribution in [2.24, 2.45) is 5.92 Å². The van der Waals surface area contributed by atoms with Gasteiger partial charge >= 0.3 is 0 Å². The normalized spacial score (nSPS) is 18.0. The number of carbonyl (C=O) groups excluding carboxylic acids is 1. The second-order valence-electron chi connectivity index (χ2n) is 3.66. The van der Waals surface area contributed by atoms with Crippen molar-refractivity contribution in [3.8, 4) is 0 Å². The Kier molecular flexibility index (Phi) is 8.51. The van der Waals surface area contributed by atoms with Crippen LogP contribution < -0.4 is 10.6 Å². The molecule has 1 saturated heterocycles. The zero-order valence-electron chi connectivity index (χ0n) is 9.35. The fourth-order valence-corrected chi connectivity index (χ4v) is 2.31. The van der Waals surface area contributed by atoms with Gasteiger partial charge in [0.05, 0.1) is 10.9 Å². The summed E-state index contributed by atoms with van der Waals surface area (Å²) in [5.74, 6) is 0.345. The molecule has 1 fully saturated rings. The standard InChI is InChI=1S/C10H15N3OS.2ClH/c14-10(8-1-3-11-7-8)13-4-2-9-12-5-6-15-9;;/h5-6,8,11H,1-4,7H2,(H,13,14);2*1H. The van der Waals surface area contributed by atoms with Crippen LogP contribution in [0.5, 0.6) is 0 Å². The smallest absolute Gasteiger partial charge is 0.224 e. The maximum absolute atomic E-state index is 11.6. The van der Waals surface area contributed by atoms with Crippen molar-refractivity contribution < 1.29 is 4.79 Å². The summed E-state index contributed by atoms with van der Waals surface area (Å²) in [6.07, 6.45) is 3.59. The van der Waals surface area contributed by atoms with Crippen LogP contribution in [0.2, 0.25) is 0 Å². The number of rotatable bonds is 4. The number of hydrogen-bond acceptors (Lipinski definition) is 4. The molecule has 17 heavy (non-hydrogen) atoms. The molecule has 0 aromatic carbocycles. The maximum Gasteiger partial charge on any atom is 0.224 e. The number of halogens is 2. The first kappa shape index (κ1) is 16.6. The molecule has 2 rings (SSSR count). The molecule has 1 unspecified atom stereocenters. The highest BCUT2D eigenvalue weighted by molar-refractivity contribution is 7.09. The van der Waals surface area contributed by atoms with Crippen LogP contribution >= 0.6 is 36.2 Å². The van der Waals surface area contributed by atoms with Crippen molar-refractivity contribution >= 4 is 42.1 Å². The lowest BCUT2D eigenvalue weighted by Gasteiger charge is -2.08. The van der Waals surface area contributed by atoms with Crippen LogP contribution in [0.25, 0.3) is 0 Å². The minimum Gasteiger partial charge on any atom is -0.355 e. The molecule has 0 saturated carbocycles. The highest BCUT2D eigenvalue weighted by atomic mass is 35.5. The zero-order chi connectivity index (χ0) is 10.5. The lowest BCUT2D eigenvalue weighted by atomic mass is 10.1. The summed E-state index contributed by atoms with van der Waals surface area (Å²) in [6.45, 7) is 2.48. The van der Waals surface area contributed by atoms with E-state index in [4.69, 9.17) is 0 Å². The predicted octanol–water partition coefficient (Wildman–Crippen LogP) is 1.25. The molecule has 2 heterocycles. The van der Waals surface area contributed by atoms with Gasteiger partial charge in [-0.3, -0.25) is 4.79 Å². The minimum atomic E-state index is 0. The summed E-state index contributed by atoms with van der Waals surface area (Å²) in [7, 11) is 0. The van der Waals surface area contributed by atoms with Crippen LogP contribution in [0.1, 0.15) is 11.4 Å². The molecule has 1 aliphatic heterocycles. The first-order chi connectivity index (χ1) is 7.36. The number of nitrogens with zero attached hydrogens (tertiary/aromatic N) is 1. The molecule has 0 spiro atoms. The van der Waals surface area contributed by atoms with E-state index in [1.807, 2.05) is 5.38 Å². The van der Waals surface area contributed by atoms with Gasteiger partial charge in [-0.1, -0.05) is 0 Å². The Morgan fingerprint density at radius 3 is 3.00 bits per heavy atom. The van der Waals surface area contributed by atoms with Crippen LogP contribution in [0, 0.1) is 5.92 Å². The molecule has 1 aromatic heterocycles. The zero-order valence-corrected chi connectivity index (χ0v) is 11.8. The number of nitrogens with one attached hydrogen (secondary N) is 2. The SMILES string of the molecule is Cl.Cl.O=C(NCCc1nccs1)C1CCNC1. The molecule has 4 nitrogen and oxygen atoms in total. The van der Waals surface area contributed by atoms with Gasteiger partial charge in [0.15, 0.2) is 0 Å². The van der Waals surface area contributed by atoms with Gasteiger partial charge in [0.1, 0.15) is 0 Å². The van der Waals surface area contributed by atoms with E-state index >= 15 is 0 Å². The van der Waals surface area contributed by atoms with E-state index in [-0.39, 0.29) is 36.6 Å². The van der Waals surface area contributed by atoms with E-state index in [2.05, 4.69) is 15.6 Å². The number of carbonyl (C=O) groups is 1. The van der Waals surface area contributed by atoms with Gasteiger partial charge in [0.2, 0.25) is 5.91 Å². The molecule has 0 bridgehead atoms. The molecule has 1 aliphatic rings. The Balaban J connectivity index is 0.00000128. The van der Waals surface area contributed by atoms with Crippen LogP contribution in [-0.2, 0) is 11.2 Å². The Morgan fingerprint density at radius 2 is 2.41 bits per heavy atom. The molecule has 1 aromatic rings. The number of thiazole rings is 1. The van der Waals surface area contributed by atoms with Gasteiger partial charge in [-0.25, -0.2) is 4.98 Å². The summed E-state index contributed by atoms with van der Waals surface area (Å²) < 4.78 is 0. The monoisotopic (exact) mass is 297 g/mol. The molecule has 0 aliphatic carbocycles. The van der Waals surface area contributed by atoms with E-state index in [9.17, 15) is 4.79 Å². The third-order valence-electron chi connectivity index (χ3n) is 2.55. The second-order valence-corrected chi connectivity index (χ2v) is 4.64. The van der Waals surface area contributed by atoms with Crippen molar-refractivity contribution in [3.63, 3.8) is 0 Å². The van der Waals surface area contributed by atoms with Crippen molar-refractivity contribution in [1.29, 1.82) is 0 Å². The van der Waals surface area contributed by atoms with Crippen molar-refractivity contribution in [3.05, 3.63) is 16.6 Å². The van der Waals surface area contributed by atoms with Gasteiger partial charge in [-0.05, 0) is 13.0 Å². The van der Waals surface area contributed by atoms with Crippen LogP contribution in [0.4, 0.5) is 0 Å².